The van der Waals surface area contributed by atoms with E-state index < -0.39 is 12.1 Å². The molecule has 1 aliphatic rings. The highest BCUT2D eigenvalue weighted by atomic mass is 16.5. The topological polar surface area (TPSA) is 65.0 Å². The Hall–Kier alpha value is -3.31. The van der Waals surface area contributed by atoms with Gasteiger partial charge in [-0.05, 0) is 65.8 Å². The van der Waals surface area contributed by atoms with E-state index in [1.165, 1.54) is 16.7 Å². The lowest BCUT2D eigenvalue weighted by Gasteiger charge is -2.18. The van der Waals surface area contributed by atoms with Gasteiger partial charge in [0.15, 0.2) is 6.10 Å². The fourth-order valence-electron chi connectivity index (χ4n) is 4.50. The molecule has 0 aromatic heterocycles. The molecule has 0 saturated heterocycles. The number of hydrogen-bond acceptors (Lipinski definition) is 4. The third kappa shape index (κ3) is 7.59. The molecule has 0 aliphatic heterocycles. The number of rotatable bonds is 13. The molecule has 0 heterocycles. The molecule has 0 bridgehead atoms. The third-order valence-corrected chi connectivity index (χ3v) is 6.65. The molecule has 1 unspecified atom stereocenters. The lowest BCUT2D eigenvalue weighted by Crippen LogP contribution is -2.30. The van der Waals surface area contributed by atoms with Gasteiger partial charge in [-0.1, -0.05) is 68.3 Å². The van der Waals surface area contributed by atoms with E-state index in [9.17, 15) is 9.90 Å². The zero-order valence-corrected chi connectivity index (χ0v) is 21.0. The predicted octanol–water partition coefficient (Wildman–Crippen LogP) is 6.72. The Balaban J connectivity index is 1.16. The van der Waals surface area contributed by atoms with Gasteiger partial charge in [0.25, 0.3) is 0 Å². The van der Waals surface area contributed by atoms with Crippen LogP contribution in [0.2, 0.25) is 0 Å². The number of carboxylic acids is 1. The smallest absolute Gasteiger partial charge is 0.333 e. The number of carboxylic acid groups (broad SMARTS) is 1. The lowest BCUT2D eigenvalue weighted by molar-refractivity contribution is -0.154. The molecule has 1 atom stereocenters. The molecule has 1 saturated carbocycles. The maximum absolute atomic E-state index is 11.6. The molecule has 3 aromatic carbocycles. The van der Waals surface area contributed by atoms with Crippen LogP contribution >= 0.6 is 0 Å². The van der Waals surface area contributed by atoms with Gasteiger partial charge >= 0.3 is 5.97 Å². The molecule has 1 aliphatic carbocycles. The van der Waals surface area contributed by atoms with Crippen molar-refractivity contribution in [2.24, 2.45) is 0 Å². The number of aliphatic carboxylic acids is 1. The summed E-state index contributed by atoms with van der Waals surface area (Å²) >= 11 is 0. The van der Waals surface area contributed by atoms with E-state index in [-0.39, 0.29) is 6.10 Å². The van der Waals surface area contributed by atoms with Gasteiger partial charge in [-0.15, -0.1) is 0 Å². The zero-order chi connectivity index (χ0) is 25.2. The molecular weight excluding hydrogens is 452 g/mol. The highest BCUT2D eigenvalue weighted by molar-refractivity contribution is 5.72. The van der Waals surface area contributed by atoms with Gasteiger partial charge in [-0.3, -0.25) is 0 Å². The van der Waals surface area contributed by atoms with Gasteiger partial charge < -0.3 is 19.3 Å². The van der Waals surface area contributed by atoms with Gasteiger partial charge in [0.1, 0.15) is 11.5 Å². The van der Waals surface area contributed by atoms with E-state index in [4.69, 9.17) is 14.2 Å². The van der Waals surface area contributed by atoms with E-state index in [0.717, 1.165) is 55.6 Å². The average Bonchev–Trinajstić information content (AvgIpc) is 3.43. The minimum atomic E-state index is -0.900. The van der Waals surface area contributed by atoms with Crippen LogP contribution in [-0.4, -0.2) is 36.5 Å². The van der Waals surface area contributed by atoms with E-state index in [1.807, 2.05) is 36.4 Å². The van der Waals surface area contributed by atoms with Crippen LogP contribution in [0.1, 0.15) is 50.2 Å². The van der Waals surface area contributed by atoms with Crippen LogP contribution in [0.5, 0.6) is 11.5 Å². The Labute approximate surface area is 214 Å². The summed E-state index contributed by atoms with van der Waals surface area (Å²) < 4.78 is 17.5. The maximum atomic E-state index is 11.6. The van der Waals surface area contributed by atoms with Crippen LogP contribution in [0.3, 0.4) is 0 Å². The number of hydrogen-bond donors (Lipinski definition) is 1. The van der Waals surface area contributed by atoms with Crippen molar-refractivity contribution in [1.29, 1.82) is 0 Å². The quantitative estimate of drug-likeness (QED) is 0.271. The number of benzene rings is 3. The number of aryl methyl sites for hydroxylation is 1. The summed E-state index contributed by atoms with van der Waals surface area (Å²) in [6.07, 6.45) is 5.60. The van der Waals surface area contributed by atoms with Crippen LogP contribution in [0.15, 0.2) is 72.8 Å². The lowest BCUT2D eigenvalue weighted by atomic mass is 10.0. The fraction of sp³-hybridized carbons (Fsp3) is 0.387. The molecule has 0 spiro atoms. The predicted molar refractivity (Wildman–Crippen MR) is 142 cm³/mol. The summed E-state index contributed by atoms with van der Waals surface area (Å²) in [7, 11) is 0. The summed E-state index contributed by atoms with van der Waals surface area (Å²) in [5.74, 6) is 0.712. The average molecular weight is 489 g/mol. The largest absolute Gasteiger partial charge is 0.493 e. The Kier molecular flexibility index (Phi) is 9.40. The van der Waals surface area contributed by atoms with Crippen molar-refractivity contribution >= 4 is 5.97 Å². The molecule has 3 aromatic rings. The molecule has 1 N–H and O–H groups in total. The third-order valence-electron chi connectivity index (χ3n) is 6.65. The summed E-state index contributed by atoms with van der Waals surface area (Å²) in [6.45, 7) is 3.28. The van der Waals surface area contributed by atoms with Crippen LogP contribution < -0.4 is 9.47 Å². The van der Waals surface area contributed by atoms with Crippen LogP contribution in [0.25, 0.3) is 11.1 Å². The SMILES string of the molecule is CCc1ccc(-c2ccc(OCCCOc3ccc(CC(OC4CCCC4)C(=O)O)cc3)cc2)cc1. The van der Waals surface area contributed by atoms with Gasteiger partial charge in [0, 0.05) is 12.8 Å². The van der Waals surface area contributed by atoms with E-state index in [2.05, 4.69) is 43.3 Å². The summed E-state index contributed by atoms with van der Waals surface area (Å²) in [4.78, 5) is 11.6. The van der Waals surface area contributed by atoms with Crippen molar-refractivity contribution in [1.82, 2.24) is 0 Å². The van der Waals surface area contributed by atoms with Gasteiger partial charge in [-0.25, -0.2) is 4.79 Å². The summed E-state index contributed by atoms with van der Waals surface area (Å²) in [5, 5.41) is 9.52. The van der Waals surface area contributed by atoms with Gasteiger partial charge in [0.2, 0.25) is 0 Å². The second-order valence-electron chi connectivity index (χ2n) is 9.34. The highest BCUT2D eigenvalue weighted by Gasteiger charge is 2.25. The van der Waals surface area contributed by atoms with Crippen LogP contribution in [0.4, 0.5) is 0 Å². The molecule has 5 heteroatoms. The molecule has 4 rings (SSSR count). The van der Waals surface area contributed by atoms with Crippen molar-refractivity contribution in [2.75, 3.05) is 13.2 Å². The summed E-state index contributed by atoms with van der Waals surface area (Å²) in [5.41, 5.74) is 4.66. The second-order valence-corrected chi connectivity index (χ2v) is 9.34. The Bertz CT molecular complexity index is 1070. The van der Waals surface area contributed by atoms with Crippen molar-refractivity contribution in [3.05, 3.63) is 83.9 Å². The Morgan fingerprint density at radius 3 is 1.83 bits per heavy atom. The van der Waals surface area contributed by atoms with Crippen molar-refractivity contribution in [2.45, 2.75) is 64.1 Å². The van der Waals surface area contributed by atoms with Gasteiger partial charge in [0.05, 0.1) is 19.3 Å². The number of ether oxygens (including phenoxy) is 3. The van der Waals surface area contributed by atoms with Gasteiger partial charge in [-0.2, -0.15) is 0 Å². The molecular formula is C31H36O5. The van der Waals surface area contributed by atoms with Crippen molar-refractivity contribution < 1.29 is 24.1 Å². The Morgan fingerprint density at radius 1 is 0.806 bits per heavy atom. The monoisotopic (exact) mass is 488 g/mol. The van der Waals surface area contributed by atoms with Crippen molar-refractivity contribution in [3.8, 4) is 22.6 Å². The minimum Gasteiger partial charge on any atom is -0.493 e. The molecule has 5 nitrogen and oxygen atoms in total. The van der Waals surface area contributed by atoms with Crippen LogP contribution in [0, 0.1) is 0 Å². The Morgan fingerprint density at radius 2 is 1.31 bits per heavy atom. The molecule has 0 amide bonds. The minimum absolute atomic E-state index is 0.0757. The number of carbonyl (C=O) groups is 1. The fourth-order valence-corrected chi connectivity index (χ4v) is 4.50. The molecule has 36 heavy (non-hydrogen) atoms. The first kappa shape index (κ1) is 25.8. The summed E-state index contributed by atoms with van der Waals surface area (Å²) in [6, 6.07) is 24.4. The molecule has 0 radical (unpaired) electrons. The molecule has 190 valence electrons. The first-order chi connectivity index (χ1) is 17.6. The van der Waals surface area contributed by atoms with Crippen LogP contribution in [-0.2, 0) is 22.4 Å². The van der Waals surface area contributed by atoms with Crippen molar-refractivity contribution in [3.63, 3.8) is 0 Å². The maximum Gasteiger partial charge on any atom is 0.333 e. The first-order valence-corrected chi connectivity index (χ1v) is 13.0. The normalized spacial score (nSPS) is 14.5. The standard InChI is InChI=1S/C31H36O5/c1-2-23-8-12-25(13-9-23)26-14-18-28(19-15-26)35-21-5-20-34-27-16-10-24(11-17-27)22-30(31(32)33)36-29-6-3-4-7-29/h8-19,29-30H,2-7,20-22H2,1H3,(H,32,33). The van der Waals surface area contributed by atoms with E-state index in [0.29, 0.717) is 19.6 Å². The zero-order valence-electron chi connectivity index (χ0n) is 21.0. The highest BCUT2D eigenvalue weighted by Crippen LogP contribution is 2.25. The first-order valence-electron chi connectivity index (χ1n) is 13.0. The van der Waals surface area contributed by atoms with E-state index in [1.54, 1.807) is 0 Å². The van der Waals surface area contributed by atoms with E-state index >= 15 is 0 Å². The molecule has 1 fully saturated rings. The second kappa shape index (κ2) is 13.1.